The van der Waals surface area contributed by atoms with Gasteiger partial charge in [0.2, 0.25) is 5.91 Å². The number of benzene rings is 2. The topological polar surface area (TPSA) is 37.4 Å². The zero-order chi connectivity index (χ0) is 16.3. The lowest BCUT2D eigenvalue weighted by molar-refractivity contribution is -0.117. The van der Waals surface area contributed by atoms with Crippen LogP contribution in [0.2, 0.25) is 0 Å². The van der Waals surface area contributed by atoms with Crippen LogP contribution in [-0.2, 0) is 10.2 Å². The molecule has 0 N–H and O–H groups in total. The van der Waals surface area contributed by atoms with E-state index < -0.39 is 0 Å². The van der Waals surface area contributed by atoms with Crippen molar-refractivity contribution in [1.29, 1.82) is 0 Å². The highest BCUT2D eigenvalue weighted by atomic mass is 16.2. The van der Waals surface area contributed by atoms with Crippen molar-refractivity contribution >= 4 is 17.4 Å². The molecule has 3 aliphatic rings. The molecule has 1 atom stereocenters. The summed E-state index contributed by atoms with van der Waals surface area (Å²) in [7, 11) is 0. The molecule has 2 aliphatic carbocycles. The molecule has 2 aromatic carbocycles. The summed E-state index contributed by atoms with van der Waals surface area (Å²) in [5, 5.41) is 0. The Hall–Kier alpha value is -2.42. The van der Waals surface area contributed by atoms with Crippen LogP contribution in [0.3, 0.4) is 0 Å². The van der Waals surface area contributed by atoms with Gasteiger partial charge in [-0.1, -0.05) is 42.5 Å². The lowest BCUT2D eigenvalue weighted by Gasteiger charge is -2.25. The number of carbonyl (C=O) groups is 2. The molecule has 2 fully saturated rings. The molecule has 1 heterocycles. The Morgan fingerprint density at radius 3 is 2.50 bits per heavy atom. The zero-order valence-corrected chi connectivity index (χ0v) is 13.5. The summed E-state index contributed by atoms with van der Waals surface area (Å²) in [6, 6.07) is 16.1. The molecule has 1 aliphatic heterocycles. The highest BCUT2D eigenvalue weighted by molar-refractivity contribution is 6.06. The zero-order valence-electron chi connectivity index (χ0n) is 13.5. The van der Waals surface area contributed by atoms with Gasteiger partial charge in [0, 0.05) is 36.1 Å². The van der Waals surface area contributed by atoms with Gasteiger partial charge in [0.1, 0.15) is 0 Å². The van der Waals surface area contributed by atoms with Gasteiger partial charge in [0.25, 0.3) is 0 Å². The molecule has 24 heavy (non-hydrogen) atoms. The van der Waals surface area contributed by atoms with Gasteiger partial charge in [-0.25, -0.2) is 0 Å². The van der Waals surface area contributed by atoms with Crippen LogP contribution in [0.1, 0.15) is 53.1 Å². The molecular formula is C21H19NO2. The monoisotopic (exact) mass is 317 g/mol. The molecule has 0 bridgehead atoms. The number of para-hydroxylation sites is 1. The van der Waals surface area contributed by atoms with Crippen LogP contribution in [0, 0.1) is 0 Å². The number of fused-ring (bicyclic) bond motifs is 2. The van der Waals surface area contributed by atoms with E-state index in [1.165, 1.54) is 18.4 Å². The van der Waals surface area contributed by atoms with E-state index in [4.69, 9.17) is 0 Å². The van der Waals surface area contributed by atoms with E-state index in [0.717, 1.165) is 16.8 Å². The Kier molecular flexibility index (Phi) is 2.79. The van der Waals surface area contributed by atoms with Crippen LogP contribution in [-0.4, -0.2) is 18.2 Å². The maximum absolute atomic E-state index is 12.9. The molecule has 0 radical (unpaired) electrons. The van der Waals surface area contributed by atoms with Gasteiger partial charge in [-0.3, -0.25) is 9.59 Å². The molecule has 0 aromatic heterocycles. The molecular weight excluding hydrogens is 298 g/mol. The summed E-state index contributed by atoms with van der Waals surface area (Å²) < 4.78 is 0. The van der Waals surface area contributed by atoms with Crippen LogP contribution < -0.4 is 4.90 Å². The Balaban J connectivity index is 1.57. The van der Waals surface area contributed by atoms with E-state index >= 15 is 0 Å². The minimum atomic E-state index is -0.332. The summed E-state index contributed by atoms with van der Waals surface area (Å²) in [6.07, 6.45) is 3.33. The first-order chi connectivity index (χ1) is 11.7. The highest BCUT2D eigenvalue weighted by Crippen LogP contribution is 2.49. The molecule has 120 valence electrons. The summed E-state index contributed by atoms with van der Waals surface area (Å²) in [5.74, 6) is 0.923. The normalized spacial score (nSPS) is 25.6. The van der Waals surface area contributed by atoms with Gasteiger partial charge >= 0.3 is 0 Å². The Morgan fingerprint density at radius 2 is 1.67 bits per heavy atom. The van der Waals surface area contributed by atoms with Gasteiger partial charge in [0.05, 0.1) is 0 Å². The van der Waals surface area contributed by atoms with Crippen molar-refractivity contribution in [3.8, 4) is 0 Å². The smallest absolute Gasteiger partial charge is 0.228 e. The molecule has 2 aromatic rings. The average molecular weight is 317 g/mol. The molecule has 1 amide bonds. The summed E-state index contributed by atoms with van der Waals surface area (Å²) in [6.45, 7) is 0.623. The third-order valence-corrected chi connectivity index (χ3v) is 5.79. The van der Waals surface area contributed by atoms with Gasteiger partial charge in [-0.05, 0) is 36.0 Å². The third kappa shape index (κ3) is 1.90. The first-order valence-electron chi connectivity index (χ1n) is 8.70. The Bertz CT molecular complexity index is 868. The van der Waals surface area contributed by atoms with Crippen molar-refractivity contribution in [3.05, 3.63) is 65.2 Å². The van der Waals surface area contributed by atoms with Crippen molar-refractivity contribution in [2.45, 2.75) is 37.0 Å². The Morgan fingerprint density at radius 1 is 0.917 bits per heavy atom. The SMILES string of the molecule is O=C1CC2(CC(=O)N(c3ccccc3C3CC3)C2)c2ccccc21. The van der Waals surface area contributed by atoms with E-state index in [2.05, 4.69) is 18.2 Å². The molecule has 3 heteroatoms. The average Bonchev–Trinajstić information content (AvgIpc) is 3.34. The number of hydrogen-bond acceptors (Lipinski definition) is 2. The largest absolute Gasteiger partial charge is 0.311 e. The second-order valence-electron chi connectivity index (χ2n) is 7.42. The van der Waals surface area contributed by atoms with Gasteiger partial charge in [-0.2, -0.15) is 0 Å². The number of rotatable bonds is 2. The van der Waals surface area contributed by atoms with E-state index in [1.54, 1.807) is 0 Å². The van der Waals surface area contributed by atoms with Crippen molar-refractivity contribution < 1.29 is 9.59 Å². The maximum atomic E-state index is 12.9. The van der Waals surface area contributed by atoms with Crippen molar-refractivity contribution in [1.82, 2.24) is 0 Å². The van der Waals surface area contributed by atoms with E-state index in [9.17, 15) is 9.59 Å². The van der Waals surface area contributed by atoms with Crippen LogP contribution in [0.25, 0.3) is 0 Å². The number of hydrogen-bond donors (Lipinski definition) is 0. The van der Waals surface area contributed by atoms with Gasteiger partial charge in [0.15, 0.2) is 5.78 Å². The second-order valence-corrected chi connectivity index (χ2v) is 7.42. The number of amides is 1. The van der Waals surface area contributed by atoms with E-state index in [-0.39, 0.29) is 17.1 Å². The number of carbonyl (C=O) groups excluding carboxylic acids is 2. The van der Waals surface area contributed by atoms with Gasteiger partial charge < -0.3 is 4.90 Å². The molecule has 3 nitrogen and oxygen atoms in total. The quantitative estimate of drug-likeness (QED) is 0.844. The predicted octanol–water partition coefficient (Wildman–Crippen LogP) is 3.83. The number of Topliss-reactive ketones (excluding diaryl/α,β-unsaturated/α-hetero) is 1. The number of nitrogens with zero attached hydrogens (tertiary/aromatic N) is 1. The predicted molar refractivity (Wildman–Crippen MR) is 92.5 cm³/mol. The maximum Gasteiger partial charge on any atom is 0.228 e. The van der Waals surface area contributed by atoms with E-state index in [0.29, 0.717) is 25.3 Å². The molecule has 1 saturated heterocycles. The first kappa shape index (κ1) is 14.0. The number of ketones is 1. The molecule has 1 unspecified atom stereocenters. The third-order valence-electron chi connectivity index (χ3n) is 5.79. The standard InChI is InChI=1S/C21H19NO2/c23-19-11-21(17-7-3-1-6-16(17)19)12-20(24)22(13-21)18-8-4-2-5-15(18)14-9-10-14/h1-8,14H,9-13H2. The fourth-order valence-corrected chi connectivity index (χ4v) is 4.51. The lowest BCUT2D eigenvalue weighted by atomic mass is 9.81. The van der Waals surface area contributed by atoms with Crippen molar-refractivity contribution in [2.24, 2.45) is 0 Å². The minimum absolute atomic E-state index is 0.146. The fourth-order valence-electron chi connectivity index (χ4n) is 4.51. The fraction of sp³-hybridized carbons (Fsp3) is 0.333. The highest BCUT2D eigenvalue weighted by Gasteiger charge is 2.51. The summed E-state index contributed by atoms with van der Waals surface area (Å²) in [5.41, 5.74) is 3.89. The molecule has 5 rings (SSSR count). The van der Waals surface area contributed by atoms with Gasteiger partial charge in [-0.15, -0.1) is 0 Å². The minimum Gasteiger partial charge on any atom is -0.311 e. The van der Waals surface area contributed by atoms with Crippen LogP contribution >= 0.6 is 0 Å². The van der Waals surface area contributed by atoms with Crippen molar-refractivity contribution in [2.75, 3.05) is 11.4 Å². The molecule has 1 spiro atoms. The van der Waals surface area contributed by atoms with Crippen LogP contribution in [0.4, 0.5) is 5.69 Å². The number of anilines is 1. The second kappa shape index (κ2) is 4.79. The van der Waals surface area contributed by atoms with Crippen LogP contribution in [0.15, 0.2) is 48.5 Å². The first-order valence-corrected chi connectivity index (χ1v) is 8.70. The van der Waals surface area contributed by atoms with E-state index in [1.807, 2.05) is 35.2 Å². The lowest BCUT2D eigenvalue weighted by Crippen LogP contribution is -2.30. The van der Waals surface area contributed by atoms with Crippen LogP contribution in [0.5, 0.6) is 0 Å². The molecule has 1 saturated carbocycles. The summed E-state index contributed by atoms with van der Waals surface area (Å²) in [4.78, 5) is 27.2. The Labute approximate surface area is 141 Å². The summed E-state index contributed by atoms with van der Waals surface area (Å²) >= 11 is 0. The van der Waals surface area contributed by atoms with Crippen molar-refractivity contribution in [3.63, 3.8) is 0 Å².